The average molecular weight is 146 g/mol. The zero-order valence-corrected chi connectivity index (χ0v) is 7.51. The van der Waals surface area contributed by atoms with Gasteiger partial charge in [-0.15, -0.1) is 0 Å². The van der Waals surface area contributed by atoms with Crippen molar-refractivity contribution in [3.63, 3.8) is 0 Å². The molecule has 0 aliphatic rings. The van der Waals surface area contributed by atoms with E-state index in [0.29, 0.717) is 0 Å². The molecule has 0 saturated carbocycles. The first kappa shape index (κ1) is 11.4. The molecule has 0 unspecified atom stereocenters. The van der Waals surface area contributed by atoms with Crippen LogP contribution in [0.3, 0.4) is 0 Å². The van der Waals surface area contributed by atoms with Crippen molar-refractivity contribution in [2.75, 3.05) is 14.2 Å². The fourth-order valence-corrected chi connectivity index (χ4v) is 0.354. The van der Waals surface area contributed by atoms with Gasteiger partial charge in [-0.2, -0.15) is 0 Å². The first-order valence-corrected chi connectivity index (χ1v) is 3.70. The van der Waals surface area contributed by atoms with Gasteiger partial charge in [-0.3, -0.25) is 0 Å². The van der Waals surface area contributed by atoms with Crippen molar-refractivity contribution >= 4 is 10.0 Å². The maximum atomic E-state index is 4.61. The summed E-state index contributed by atoms with van der Waals surface area (Å²) in [6.45, 7) is 6.72. The zero-order chi connectivity index (χ0) is 7.54. The van der Waals surface area contributed by atoms with Crippen molar-refractivity contribution in [3.8, 4) is 0 Å². The van der Waals surface area contributed by atoms with Crippen LogP contribution < -0.4 is 0 Å². The molecule has 0 N–H and O–H groups in total. The molecule has 0 aliphatic carbocycles. The van der Waals surface area contributed by atoms with Crippen molar-refractivity contribution in [1.82, 2.24) is 0 Å². The van der Waals surface area contributed by atoms with Crippen molar-refractivity contribution < 1.29 is 8.85 Å². The van der Waals surface area contributed by atoms with Crippen LogP contribution in [-0.4, -0.2) is 24.2 Å². The van der Waals surface area contributed by atoms with Crippen molar-refractivity contribution in [3.05, 3.63) is 25.3 Å². The van der Waals surface area contributed by atoms with E-state index in [2.05, 4.69) is 22.0 Å². The molecule has 0 aliphatic heterocycles. The van der Waals surface area contributed by atoms with Crippen LogP contribution in [-0.2, 0) is 8.85 Å². The first-order chi connectivity index (χ1) is 4.33. The van der Waals surface area contributed by atoms with Gasteiger partial charge >= 0.3 is 10.0 Å². The average Bonchev–Trinajstić information content (AvgIpc) is 1.91. The topological polar surface area (TPSA) is 18.5 Å². The summed E-state index contributed by atoms with van der Waals surface area (Å²) in [6, 6.07) is 0. The summed E-state index contributed by atoms with van der Waals surface area (Å²) < 4.78 is 9.22. The molecule has 0 spiro atoms. The smallest absolute Gasteiger partial charge is 0.303 e. The Morgan fingerprint density at radius 2 is 1.44 bits per heavy atom. The molecule has 0 aromatic carbocycles. The standard InChI is InChI=1S/C4H6.C2H8O2Si/c1-3-4-2;1-3-5-4-2/h3-4H,1-2H2;5H2,1-2H3. The summed E-state index contributed by atoms with van der Waals surface area (Å²) in [5.74, 6) is 0. The van der Waals surface area contributed by atoms with E-state index in [1.54, 1.807) is 26.4 Å². The lowest BCUT2D eigenvalue weighted by Gasteiger charge is -1.86. The van der Waals surface area contributed by atoms with E-state index < -0.39 is 10.0 Å². The Hall–Kier alpha value is -0.383. The largest absolute Gasteiger partial charge is 0.402 e. The summed E-state index contributed by atoms with van der Waals surface area (Å²) in [5, 5.41) is 0. The number of allylic oxidation sites excluding steroid dienone is 2. The third-order valence-electron chi connectivity index (χ3n) is 0.402. The minimum absolute atomic E-state index is 0.568. The van der Waals surface area contributed by atoms with Crippen molar-refractivity contribution in [1.29, 1.82) is 0 Å². The SMILES string of the molecule is C=CC=C.CO[SiH2]OC. The highest BCUT2D eigenvalue weighted by Gasteiger charge is 1.67. The van der Waals surface area contributed by atoms with E-state index in [0.717, 1.165) is 0 Å². The van der Waals surface area contributed by atoms with E-state index in [9.17, 15) is 0 Å². The summed E-state index contributed by atoms with van der Waals surface area (Å²) in [5.41, 5.74) is 0. The van der Waals surface area contributed by atoms with Gasteiger partial charge in [0.1, 0.15) is 0 Å². The van der Waals surface area contributed by atoms with Crippen LogP contribution in [0.4, 0.5) is 0 Å². The third-order valence-corrected chi connectivity index (χ3v) is 0.874. The number of rotatable bonds is 3. The second kappa shape index (κ2) is 15.6. The van der Waals surface area contributed by atoms with Crippen LogP contribution in [0.2, 0.25) is 0 Å². The fourth-order valence-electron chi connectivity index (χ4n) is 0.118. The predicted octanol–water partition coefficient (Wildman–Crippen LogP) is 0.636. The Morgan fingerprint density at radius 3 is 1.44 bits per heavy atom. The van der Waals surface area contributed by atoms with Gasteiger partial charge in [0.15, 0.2) is 0 Å². The van der Waals surface area contributed by atoms with Gasteiger partial charge in [-0.05, 0) is 0 Å². The molecular formula is C6H14O2Si. The molecule has 0 amide bonds. The maximum absolute atomic E-state index is 4.61. The summed E-state index contributed by atoms with van der Waals surface area (Å²) in [6.07, 6.45) is 3.28. The summed E-state index contributed by atoms with van der Waals surface area (Å²) in [7, 11) is 2.73. The van der Waals surface area contributed by atoms with E-state index in [1.165, 1.54) is 0 Å². The summed E-state index contributed by atoms with van der Waals surface area (Å²) in [4.78, 5) is 0. The molecular weight excluding hydrogens is 132 g/mol. The highest BCUT2D eigenvalue weighted by molar-refractivity contribution is 6.17. The Labute approximate surface area is 59.2 Å². The zero-order valence-electron chi connectivity index (χ0n) is 6.09. The number of hydrogen-bond donors (Lipinski definition) is 0. The molecule has 0 radical (unpaired) electrons. The van der Waals surface area contributed by atoms with Crippen LogP contribution in [0.5, 0.6) is 0 Å². The van der Waals surface area contributed by atoms with Gasteiger partial charge in [-0.1, -0.05) is 25.3 Å². The highest BCUT2D eigenvalue weighted by atomic mass is 28.3. The quantitative estimate of drug-likeness (QED) is 0.429. The minimum atomic E-state index is -0.568. The lowest BCUT2D eigenvalue weighted by Crippen LogP contribution is -1.93. The molecule has 0 heterocycles. The molecule has 9 heavy (non-hydrogen) atoms. The van der Waals surface area contributed by atoms with E-state index in [-0.39, 0.29) is 0 Å². The monoisotopic (exact) mass is 146 g/mol. The van der Waals surface area contributed by atoms with Crippen LogP contribution >= 0.6 is 0 Å². The first-order valence-electron chi connectivity index (χ1n) is 2.54. The van der Waals surface area contributed by atoms with E-state index >= 15 is 0 Å². The lowest BCUT2D eigenvalue weighted by molar-refractivity contribution is 0.309. The van der Waals surface area contributed by atoms with Crippen molar-refractivity contribution in [2.24, 2.45) is 0 Å². The Bertz CT molecular complexity index is 56.1. The second-order valence-electron chi connectivity index (χ2n) is 1.17. The maximum Gasteiger partial charge on any atom is 0.303 e. The molecule has 0 bridgehead atoms. The van der Waals surface area contributed by atoms with Gasteiger partial charge in [0, 0.05) is 14.2 Å². The molecule has 3 heteroatoms. The Balaban J connectivity index is 0. The normalized spacial score (nSPS) is 6.89. The van der Waals surface area contributed by atoms with Gasteiger partial charge in [0.05, 0.1) is 0 Å². The van der Waals surface area contributed by atoms with Gasteiger partial charge in [0.25, 0.3) is 0 Å². The fraction of sp³-hybridized carbons (Fsp3) is 0.333. The predicted molar refractivity (Wildman–Crippen MR) is 43.0 cm³/mol. The van der Waals surface area contributed by atoms with Crippen molar-refractivity contribution in [2.45, 2.75) is 0 Å². The molecule has 0 aromatic heterocycles. The lowest BCUT2D eigenvalue weighted by atomic mass is 10.6. The summed E-state index contributed by atoms with van der Waals surface area (Å²) >= 11 is 0. The van der Waals surface area contributed by atoms with Crippen LogP contribution in [0.25, 0.3) is 0 Å². The molecule has 0 fully saturated rings. The van der Waals surface area contributed by atoms with E-state index in [4.69, 9.17) is 0 Å². The van der Waals surface area contributed by atoms with E-state index in [1.807, 2.05) is 0 Å². The highest BCUT2D eigenvalue weighted by Crippen LogP contribution is 1.55. The molecule has 54 valence electrons. The molecule has 2 nitrogen and oxygen atoms in total. The van der Waals surface area contributed by atoms with Gasteiger partial charge < -0.3 is 8.85 Å². The van der Waals surface area contributed by atoms with Crippen LogP contribution in [0.1, 0.15) is 0 Å². The molecule has 0 aromatic rings. The third kappa shape index (κ3) is 35.1. The molecule has 0 saturated heterocycles. The molecule has 0 rings (SSSR count). The molecule has 0 atom stereocenters. The van der Waals surface area contributed by atoms with Crippen LogP contribution in [0.15, 0.2) is 25.3 Å². The minimum Gasteiger partial charge on any atom is -0.402 e. The van der Waals surface area contributed by atoms with Gasteiger partial charge in [-0.25, -0.2) is 0 Å². The number of hydrogen-bond acceptors (Lipinski definition) is 2. The Kier molecular flexibility index (Phi) is 19.8. The van der Waals surface area contributed by atoms with Gasteiger partial charge in [0.2, 0.25) is 0 Å². The Morgan fingerprint density at radius 1 is 1.11 bits per heavy atom. The van der Waals surface area contributed by atoms with Crippen LogP contribution in [0, 0.1) is 0 Å². The second-order valence-corrected chi connectivity index (χ2v) is 2.56.